The molecule has 150 valence electrons. The highest BCUT2D eigenvalue weighted by Gasteiger charge is 2.28. The standard InChI is InChI=1S/C24H43NS/c26-21-25-24-20-16-12-8-4-3-7-11-15-19-23(24)22-17-13-9-5-1-2-6-10-14-18-22/h22-24H,1-20H2. The third-order valence-electron chi connectivity index (χ3n) is 7.01. The van der Waals surface area contributed by atoms with Crippen molar-refractivity contribution < 1.29 is 0 Å². The second-order valence-electron chi connectivity index (χ2n) is 9.02. The number of hydrogen-bond acceptors (Lipinski definition) is 2. The molecular formula is C24H43NS. The predicted molar refractivity (Wildman–Crippen MR) is 118 cm³/mol. The van der Waals surface area contributed by atoms with E-state index in [1.807, 2.05) is 0 Å². The van der Waals surface area contributed by atoms with Crippen molar-refractivity contribution in [2.45, 2.75) is 134 Å². The Hall–Kier alpha value is -0.200. The highest BCUT2D eigenvalue weighted by atomic mass is 32.1. The van der Waals surface area contributed by atoms with Gasteiger partial charge in [-0.05, 0) is 36.9 Å². The molecule has 2 unspecified atom stereocenters. The SMILES string of the molecule is S=C=NC1CCCCCCCCCCC1C1CCCCCCCCCC1. The van der Waals surface area contributed by atoms with Gasteiger partial charge in [-0.25, -0.2) is 4.99 Å². The van der Waals surface area contributed by atoms with Crippen molar-refractivity contribution in [2.24, 2.45) is 16.8 Å². The van der Waals surface area contributed by atoms with Gasteiger partial charge in [0.25, 0.3) is 0 Å². The van der Waals surface area contributed by atoms with Crippen LogP contribution in [-0.2, 0) is 0 Å². The van der Waals surface area contributed by atoms with E-state index < -0.39 is 0 Å². The lowest BCUT2D eigenvalue weighted by Gasteiger charge is -2.32. The lowest BCUT2D eigenvalue weighted by molar-refractivity contribution is 0.212. The minimum absolute atomic E-state index is 0.460. The summed E-state index contributed by atoms with van der Waals surface area (Å²) in [6.07, 6.45) is 28.5. The molecule has 0 aromatic heterocycles. The van der Waals surface area contributed by atoms with E-state index in [9.17, 15) is 0 Å². The van der Waals surface area contributed by atoms with Crippen molar-refractivity contribution in [1.29, 1.82) is 0 Å². The summed E-state index contributed by atoms with van der Waals surface area (Å²) in [5, 5.41) is 2.79. The van der Waals surface area contributed by atoms with E-state index in [4.69, 9.17) is 17.2 Å². The Morgan fingerprint density at radius 1 is 0.500 bits per heavy atom. The first-order valence-corrected chi connectivity index (χ1v) is 12.4. The zero-order valence-electron chi connectivity index (χ0n) is 17.2. The molecule has 0 radical (unpaired) electrons. The van der Waals surface area contributed by atoms with Crippen LogP contribution in [0.4, 0.5) is 0 Å². The number of aliphatic imine (C=N–C) groups is 1. The van der Waals surface area contributed by atoms with Crippen LogP contribution in [0, 0.1) is 11.8 Å². The number of rotatable bonds is 2. The quantitative estimate of drug-likeness (QED) is 0.347. The van der Waals surface area contributed by atoms with Crippen LogP contribution >= 0.6 is 12.2 Å². The number of hydrogen-bond donors (Lipinski definition) is 0. The summed E-state index contributed by atoms with van der Waals surface area (Å²) in [7, 11) is 0. The van der Waals surface area contributed by atoms with E-state index in [1.165, 1.54) is 128 Å². The van der Waals surface area contributed by atoms with Gasteiger partial charge < -0.3 is 0 Å². The smallest absolute Gasteiger partial charge is 0.0633 e. The maximum absolute atomic E-state index is 5.06. The average molecular weight is 378 g/mol. The van der Waals surface area contributed by atoms with Crippen LogP contribution in [0.25, 0.3) is 0 Å². The lowest BCUT2D eigenvalue weighted by atomic mass is 9.75. The molecule has 0 aromatic carbocycles. The number of nitrogens with zero attached hydrogens (tertiary/aromatic N) is 1. The fraction of sp³-hybridized carbons (Fsp3) is 0.958. The molecule has 2 fully saturated rings. The molecular weight excluding hydrogens is 334 g/mol. The van der Waals surface area contributed by atoms with Crippen LogP contribution in [0.3, 0.4) is 0 Å². The summed E-state index contributed by atoms with van der Waals surface area (Å²) in [4.78, 5) is 4.75. The van der Waals surface area contributed by atoms with Crippen molar-refractivity contribution in [2.75, 3.05) is 0 Å². The third-order valence-corrected chi connectivity index (χ3v) is 7.11. The molecule has 0 bridgehead atoms. The van der Waals surface area contributed by atoms with Gasteiger partial charge in [-0.2, -0.15) is 0 Å². The van der Waals surface area contributed by atoms with Crippen LogP contribution in [0.15, 0.2) is 4.99 Å². The van der Waals surface area contributed by atoms with Crippen molar-refractivity contribution >= 4 is 17.4 Å². The van der Waals surface area contributed by atoms with E-state index in [0.29, 0.717) is 6.04 Å². The zero-order chi connectivity index (χ0) is 18.3. The average Bonchev–Trinajstić information content (AvgIpc) is 2.70. The molecule has 0 amide bonds. The van der Waals surface area contributed by atoms with Crippen molar-refractivity contribution in [3.8, 4) is 0 Å². The maximum Gasteiger partial charge on any atom is 0.0633 e. The molecule has 0 aromatic rings. The lowest BCUT2D eigenvalue weighted by Crippen LogP contribution is -2.27. The second-order valence-corrected chi connectivity index (χ2v) is 9.21. The number of isothiocyanates is 1. The van der Waals surface area contributed by atoms with Gasteiger partial charge in [-0.1, -0.05) is 116 Å². The Balaban J connectivity index is 2.04. The summed E-state index contributed by atoms with van der Waals surface area (Å²) >= 11 is 5.06. The molecule has 0 aliphatic heterocycles. The Labute approximate surface area is 168 Å². The van der Waals surface area contributed by atoms with E-state index >= 15 is 0 Å². The maximum atomic E-state index is 5.06. The molecule has 0 N–H and O–H groups in total. The van der Waals surface area contributed by atoms with Crippen LogP contribution in [0.5, 0.6) is 0 Å². The first-order valence-electron chi connectivity index (χ1n) is 12.0. The van der Waals surface area contributed by atoms with Gasteiger partial charge in [-0.15, -0.1) is 0 Å². The van der Waals surface area contributed by atoms with Gasteiger partial charge in [0.15, 0.2) is 0 Å². The molecule has 1 nitrogen and oxygen atoms in total. The molecule has 2 atom stereocenters. The van der Waals surface area contributed by atoms with E-state index in [0.717, 1.165) is 11.8 Å². The number of thiocarbonyl (C=S) groups is 1. The van der Waals surface area contributed by atoms with Crippen LogP contribution < -0.4 is 0 Å². The molecule has 0 spiro atoms. The molecule has 0 saturated heterocycles. The monoisotopic (exact) mass is 377 g/mol. The summed E-state index contributed by atoms with van der Waals surface area (Å²) < 4.78 is 0. The Morgan fingerprint density at radius 2 is 0.885 bits per heavy atom. The molecule has 2 aliphatic rings. The molecule has 2 aliphatic carbocycles. The minimum Gasteiger partial charge on any atom is -0.229 e. The van der Waals surface area contributed by atoms with Crippen LogP contribution in [0.1, 0.15) is 128 Å². The third kappa shape index (κ3) is 9.14. The topological polar surface area (TPSA) is 12.4 Å². The van der Waals surface area contributed by atoms with Gasteiger partial charge in [0, 0.05) is 0 Å². The minimum atomic E-state index is 0.460. The van der Waals surface area contributed by atoms with E-state index in [-0.39, 0.29) is 0 Å². The Morgan fingerprint density at radius 3 is 1.35 bits per heavy atom. The van der Waals surface area contributed by atoms with Crippen molar-refractivity contribution in [3.05, 3.63) is 0 Å². The predicted octanol–water partition coefficient (Wildman–Crippen LogP) is 8.52. The van der Waals surface area contributed by atoms with Gasteiger partial charge in [0.2, 0.25) is 0 Å². The van der Waals surface area contributed by atoms with E-state index in [2.05, 4.69) is 5.16 Å². The highest BCUT2D eigenvalue weighted by molar-refractivity contribution is 7.78. The summed E-state index contributed by atoms with van der Waals surface area (Å²) in [6, 6.07) is 0.460. The zero-order valence-corrected chi connectivity index (χ0v) is 18.0. The fourth-order valence-corrected chi connectivity index (χ4v) is 5.56. The van der Waals surface area contributed by atoms with Gasteiger partial charge >= 0.3 is 0 Å². The van der Waals surface area contributed by atoms with Crippen LogP contribution in [-0.4, -0.2) is 11.2 Å². The van der Waals surface area contributed by atoms with Crippen molar-refractivity contribution in [1.82, 2.24) is 0 Å². The van der Waals surface area contributed by atoms with Crippen molar-refractivity contribution in [3.63, 3.8) is 0 Å². The molecule has 0 heterocycles. The highest BCUT2D eigenvalue weighted by Crippen LogP contribution is 2.36. The summed E-state index contributed by atoms with van der Waals surface area (Å²) in [5.74, 6) is 1.65. The van der Waals surface area contributed by atoms with Gasteiger partial charge in [0.1, 0.15) is 0 Å². The first-order chi connectivity index (χ1) is 12.9. The Kier molecular flexibility index (Phi) is 12.6. The second kappa shape index (κ2) is 14.8. The molecule has 26 heavy (non-hydrogen) atoms. The van der Waals surface area contributed by atoms with E-state index in [1.54, 1.807) is 0 Å². The summed E-state index contributed by atoms with van der Waals surface area (Å²) in [5.41, 5.74) is 0. The van der Waals surface area contributed by atoms with Crippen LogP contribution in [0.2, 0.25) is 0 Å². The molecule has 2 rings (SSSR count). The largest absolute Gasteiger partial charge is 0.229 e. The van der Waals surface area contributed by atoms with Gasteiger partial charge in [0.05, 0.1) is 11.2 Å². The van der Waals surface area contributed by atoms with Gasteiger partial charge in [-0.3, -0.25) is 0 Å². The normalized spacial score (nSPS) is 29.4. The molecule has 2 heteroatoms. The summed E-state index contributed by atoms with van der Waals surface area (Å²) in [6.45, 7) is 0. The molecule has 2 saturated carbocycles. The first kappa shape index (κ1) is 22.1. The Bertz CT molecular complexity index is 376. The fourth-order valence-electron chi connectivity index (χ4n) is 5.42.